The first-order valence-electron chi connectivity index (χ1n) is 16.5. The zero-order chi connectivity index (χ0) is 33.7. The van der Waals surface area contributed by atoms with Gasteiger partial charge in [0.2, 0.25) is 0 Å². The maximum absolute atomic E-state index is 14.0. The summed E-state index contributed by atoms with van der Waals surface area (Å²) in [4.78, 5) is 35.2. The number of pyridine rings is 1. The molecule has 0 N–H and O–H groups in total. The summed E-state index contributed by atoms with van der Waals surface area (Å²) in [5.74, 6) is -0.0210. The van der Waals surface area contributed by atoms with Crippen LogP contribution in [0.15, 0.2) is 79.0 Å². The SMILES string of the molecule is CN(CCc1ccccn1)C(=O)c1ccc(C[C@@H]2CC[C@H]([C@H](O[Si](C)(C)C(C)(C)C)c3ccccc3)N2C(=O)OC(C)(C)C)cc1. The smallest absolute Gasteiger partial charge is 0.410 e. The Kier molecular flexibility index (Phi) is 11.2. The molecule has 8 heteroatoms. The van der Waals surface area contributed by atoms with Crippen LogP contribution < -0.4 is 0 Å². The number of aromatic nitrogens is 1. The van der Waals surface area contributed by atoms with Crippen LogP contribution in [0.25, 0.3) is 0 Å². The first-order chi connectivity index (χ1) is 21.6. The summed E-state index contributed by atoms with van der Waals surface area (Å²) >= 11 is 0. The number of likely N-dealkylation sites (tertiary alicyclic amines) is 1. The van der Waals surface area contributed by atoms with E-state index in [0.717, 1.165) is 29.7 Å². The van der Waals surface area contributed by atoms with Gasteiger partial charge in [-0.15, -0.1) is 0 Å². The van der Waals surface area contributed by atoms with Gasteiger partial charge in [-0.05, 0) is 93.6 Å². The Morgan fingerprint density at radius 3 is 2.17 bits per heavy atom. The Balaban J connectivity index is 1.55. The number of likely N-dealkylation sites (N-methyl/N-ethyl adjacent to an activating group) is 1. The largest absolute Gasteiger partial charge is 0.444 e. The Morgan fingerprint density at radius 1 is 0.935 bits per heavy atom. The molecule has 0 radical (unpaired) electrons. The molecule has 1 aliphatic heterocycles. The van der Waals surface area contributed by atoms with Gasteiger partial charge in [-0.2, -0.15) is 0 Å². The van der Waals surface area contributed by atoms with Crippen molar-refractivity contribution in [1.29, 1.82) is 0 Å². The molecular weight excluding hydrogens is 591 g/mol. The fourth-order valence-electron chi connectivity index (χ4n) is 5.72. The molecule has 2 aromatic carbocycles. The molecule has 46 heavy (non-hydrogen) atoms. The third-order valence-electron chi connectivity index (χ3n) is 9.30. The van der Waals surface area contributed by atoms with E-state index in [0.29, 0.717) is 24.9 Å². The Labute approximate surface area is 277 Å². The quantitative estimate of drug-likeness (QED) is 0.207. The molecule has 3 aromatic rings. The molecule has 0 unspecified atom stereocenters. The minimum atomic E-state index is -2.20. The maximum atomic E-state index is 14.0. The third kappa shape index (κ3) is 9.07. The lowest BCUT2D eigenvalue weighted by Gasteiger charge is -2.43. The van der Waals surface area contributed by atoms with Gasteiger partial charge in [0.25, 0.3) is 5.91 Å². The van der Waals surface area contributed by atoms with Gasteiger partial charge in [0, 0.05) is 43.5 Å². The van der Waals surface area contributed by atoms with E-state index in [4.69, 9.17) is 9.16 Å². The summed E-state index contributed by atoms with van der Waals surface area (Å²) in [6, 6.07) is 23.8. The van der Waals surface area contributed by atoms with Gasteiger partial charge in [-0.3, -0.25) is 14.7 Å². The number of carbonyl (C=O) groups is 2. The molecule has 248 valence electrons. The van der Waals surface area contributed by atoms with E-state index in [-0.39, 0.29) is 35.2 Å². The Morgan fingerprint density at radius 2 is 1.59 bits per heavy atom. The molecule has 0 spiro atoms. The van der Waals surface area contributed by atoms with Gasteiger partial charge in [-0.1, -0.05) is 69.3 Å². The normalized spacial score (nSPS) is 17.9. The van der Waals surface area contributed by atoms with Gasteiger partial charge < -0.3 is 14.1 Å². The van der Waals surface area contributed by atoms with Crippen molar-refractivity contribution in [3.63, 3.8) is 0 Å². The van der Waals surface area contributed by atoms with Crippen molar-refractivity contribution in [2.45, 2.75) is 109 Å². The van der Waals surface area contributed by atoms with Crippen molar-refractivity contribution >= 4 is 20.3 Å². The van der Waals surface area contributed by atoms with Crippen LogP contribution in [-0.4, -0.2) is 66.4 Å². The van der Waals surface area contributed by atoms with Crippen LogP contribution in [-0.2, 0) is 22.0 Å². The molecule has 1 saturated heterocycles. The van der Waals surface area contributed by atoms with Crippen molar-refractivity contribution in [1.82, 2.24) is 14.8 Å². The third-order valence-corrected chi connectivity index (χ3v) is 13.8. The molecule has 4 rings (SSSR count). The van der Waals surface area contributed by atoms with Crippen molar-refractivity contribution in [2.24, 2.45) is 0 Å². The summed E-state index contributed by atoms with van der Waals surface area (Å²) in [7, 11) is -0.371. The van der Waals surface area contributed by atoms with Crippen LogP contribution in [0.3, 0.4) is 0 Å². The van der Waals surface area contributed by atoms with Crippen LogP contribution in [0.4, 0.5) is 4.79 Å². The van der Waals surface area contributed by atoms with Crippen LogP contribution in [0.2, 0.25) is 18.1 Å². The fraction of sp³-hybridized carbons (Fsp3) is 0.500. The van der Waals surface area contributed by atoms with Crippen LogP contribution in [0.1, 0.15) is 87.7 Å². The highest BCUT2D eigenvalue weighted by atomic mass is 28.4. The van der Waals surface area contributed by atoms with Crippen LogP contribution in [0.5, 0.6) is 0 Å². The molecular formula is C38H53N3O4Si. The van der Waals surface area contributed by atoms with Crippen molar-refractivity contribution in [3.05, 3.63) is 101 Å². The number of amides is 2. The molecule has 0 saturated carbocycles. The van der Waals surface area contributed by atoms with Gasteiger partial charge in [-0.25, -0.2) is 4.79 Å². The van der Waals surface area contributed by atoms with E-state index in [1.165, 1.54) is 0 Å². The molecule has 0 aliphatic carbocycles. The molecule has 2 amide bonds. The van der Waals surface area contributed by atoms with Gasteiger partial charge in [0.15, 0.2) is 8.32 Å². The lowest BCUT2D eigenvalue weighted by atomic mass is 10.0. The van der Waals surface area contributed by atoms with E-state index < -0.39 is 13.9 Å². The number of hydrogen-bond donors (Lipinski definition) is 0. The number of rotatable bonds is 10. The lowest BCUT2D eigenvalue weighted by Crippen LogP contribution is -2.50. The van der Waals surface area contributed by atoms with Crippen molar-refractivity contribution in [2.75, 3.05) is 13.6 Å². The number of nitrogens with zero attached hydrogens (tertiary/aromatic N) is 3. The van der Waals surface area contributed by atoms with E-state index >= 15 is 0 Å². The summed E-state index contributed by atoms with van der Waals surface area (Å²) in [6.45, 7) is 17.6. The van der Waals surface area contributed by atoms with E-state index in [2.05, 4.69) is 51.0 Å². The highest BCUT2D eigenvalue weighted by Gasteiger charge is 2.47. The van der Waals surface area contributed by atoms with Crippen molar-refractivity contribution in [3.8, 4) is 0 Å². The molecule has 2 heterocycles. The Hall–Kier alpha value is -3.49. The zero-order valence-electron chi connectivity index (χ0n) is 29.2. The molecule has 1 aliphatic rings. The molecule has 1 fully saturated rings. The van der Waals surface area contributed by atoms with E-state index in [9.17, 15) is 9.59 Å². The molecule has 1 aromatic heterocycles. The topological polar surface area (TPSA) is 72.0 Å². The summed E-state index contributed by atoms with van der Waals surface area (Å²) in [5, 5.41) is 0.0144. The number of ether oxygens (including phenoxy) is 1. The molecule has 3 atom stereocenters. The minimum absolute atomic E-state index is 0.0144. The average molecular weight is 644 g/mol. The summed E-state index contributed by atoms with van der Waals surface area (Å²) in [5.41, 5.74) is 3.15. The van der Waals surface area contributed by atoms with E-state index in [1.807, 2.05) is 93.4 Å². The number of hydrogen-bond acceptors (Lipinski definition) is 5. The predicted octanol–water partition coefficient (Wildman–Crippen LogP) is 8.47. The minimum Gasteiger partial charge on any atom is -0.444 e. The van der Waals surface area contributed by atoms with E-state index in [1.54, 1.807) is 11.1 Å². The predicted molar refractivity (Wildman–Crippen MR) is 187 cm³/mol. The molecule has 7 nitrogen and oxygen atoms in total. The van der Waals surface area contributed by atoms with Crippen LogP contribution in [0, 0.1) is 0 Å². The first-order valence-corrected chi connectivity index (χ1v) is 19.4. The second-order valence-corrected chi connectivity index (χ2v) is 19.9. The average Bonchev–Trinajstić information content (AvgIpc) is 3.41. The number of carbonyl (C=O) groups excluding carboxylic acids is 2. The maximum Gasteiger partial charge on any atom is 0.410 e. The van der Waals surface area contributed by atoms with Crippen LogP contribution >= 0.6 is 0 Å². The summed E-state index contributed by atoms with van der Waals surface area (Å²) in [6.07, 6.45) is 4.23. The standard InChI is InChI=1S/C38H53N3O4Si/c1-37(2,3)44-36(43)41-32(22-23-33(41)34(29-15-11-10-12-16-29)45-46(8,9)38(4,5)6)27-28-18-20-30(21-19-28)35(42)40(7)26-24-31-17-13-14-25-39-31/h10-21,25,32-34H,22-24,26-27H2,1-9H3/t32-,33+,34+/m0/s1. The summed E-state index contributed by atoms with van der Waals surface area (Å²) < 4.78 is 13.2. The highest BCUT2D eigenvalue weighted by molar-refractivity contribution is 6.74. The molecule has 0 bridgehead atoms. The second kappa shape index (κ2) is 14.5. The van der Waals surface area contributed by atoms with Gasteiger partial charge in [0.1, 0.15) is 5.60 Å². The highest BCUT2D eigenvalue weighted by Crippen LogP contribution is 2.44. The fourth-order valence-corrected chi connectivity index (χ4v) is 7.00. The zero-order valence-corrected chi connectivity index (χ0v) is 30.2. The van der Waals surface area contributed by atoms with Gasteiger partial charge in [0.05, 0.1) is 12.1 Å². The Bertz CT molecular complexity index is 1430. The second-order valence-electron chi connectivity index (χ2n) is 15.1. The van der Waals surface area contributed by atoms with Crippen molar-refractivity contribution < 1.29 is 18.8 Å². The lowest BCUT2D eigenvalue weighted by molar-refractivity contribution is -0.00239. The monoisotopic (exact) mass is 643 g/mol. The first kappa shape index (κ1) is 35.4. The van der Waals surface area contributed by atoms with Gasteiger partial charge >= 0.3 is 6.09 Å². The number of benzene rings is 2.